The molecule has 0 unspecified atom stereocenters. The fourth-order valence-corrected chi connectivity index (χ4v) is 1.85. The van der Waals surface area contributed by atoms with Gasteiger partial charge in [-0.15, -0.1) is 0 Å². The minimum atomic E-state index is -1.66. The van der Waals surface area contributed by atoms with Crippen molar-refractivity contribution in [3.63, 3.8) is 0 Å². The Hall–Kier alpha value is -3.23. The van der Waals surface area contributed by atoms with E-state index in [1.54, 1.807) is 30.3 Å². The first-order chi connectivity index (χ1) is 9.91. The fraction of sp³-hybridized carbons (Fsp3) is 0.0833. The molecule has 1 heterocycles. The van der Waals surface area contributed by atoms with Gasteiger partial charge in [0.2, 0.25) is 11.4 Å². The molecule has 0 aliphatic rings. The van der Waals surface area contributed by atoms with Crippen LogP contribution in [0.15, 0.2) is 30.3 Å². The van der Waals surface area contributed by atoms with Gasteiger partial charge in [0.25, 0.3) is 0 Å². The molecule has 2 N–H and O–H groups in total. The minimum absolute atomic E-state index is 0.0867. The van der Waals surface area contributed by atoms with Crippen molar-refractivity contribution in [1.82, 2.24) is 9.78 Å². The lowest BCUT2D eigenvalue weighted by Gasteiger charge is -2.03. The van der Waals surface area contributed by atoms with Crippen molar-refractivity contribution in [3.8, 4) is 0 Å². The van der Waals surface area contributed by atoms with Crippen LogP contribution in [0.2, 0.25) is 0 Å². The van der Waals surface area contributed by atoms with E-state index in [-0.39, 0.29) is 6.54 Å². The van der Waals surface area contributed by atoms with Crippen LogP contribution in [0.4, 0.5) is 5.69 Å². The lowest BCUT2D eigenvalue weighted by molar-refractivity contribution is -0.385. The zero-order chi connectivity index (χ0) is 15.6. The second-order valence-corrected chi connectivity index (χ2v) is 4.06. The third-order valence-corrected chi connectivity index (χ3v) is 2.69. The Morgan fingerprint density at radius 2 is 1.81 bits per heavy atom. The van der Waals surface area contributed by atoms with E-state index in [9.17, 15) is 19.7 Å². The molecule has 1 aromatic carbocycles. The predicted octanol–water partition coefficient (Wildman–Crippen LogP) is 1.24. The van der Waals surface area contributed by atoms with E-state index in [0.717, 1.165) is 4.68 Å². The predicted molar refractivity (Wildman–Crippen MR) is 68.3 cm³/mol. The first kappa shape index (κ1) is 14.2. The number of carboxylic acids is 2. The normalized spacial score (nSPS) is 10.3. The molecule has 0 atom stereocenters. The van der Waals surface area contributed by atoms with Crippen molar-refractivity contribution in [2.45, 2.75) is 6.54 Å². The Morgan fingerprint density at radius 3 is 2.29 bits per heavy atom. The number of nitro groups is 1. The Kier molecular flexibility index (Phi) is 3.65. The van der Waals surface area contributed by atoms with Crippen LogP contribution < -0.4 is 0 Å². The molecule has 9 heteroatoms. The summed E-state index contributed by atoms with van der Waals surface area (Å²) in [5, 5.41) is 32.5. The summed E-state index contributed by atoms with van der Waals surface area (Å²) >= 11 is 0. The molecule has 2 rings (SSSR count). The molecule has 0 radical (unpaired) electrons. The monoisotopic (exact) mass is 291 g/mol. The molecule has 0 spiro atoms. The topological polar surface area (TPSA) is 136 Å². The molecule has 0 saturated carbocycles. The summed E-state index contributed by atoms with van der Waals surface area (Å²) in [6, 6.07) is 8.48. The molecule has 108 valence electrons. The van der Waals surface area contributed by atoms with Crippen molar-refractivity contribution in [3.05, 3.63) is 57.4 Å². The summed E-state index contributed by atoms with van der Waals surface area (Å²) in [5.74, 6) is -3.27. The molecule has 0 fully saturated rings. The van der Waals surface area contributed by atoms with Crippen LogP contribution in [0.25, 0.3) is 0 Å². The molecule has 0 amide bonds. The second-order valence-electron chi connectivity index (χ2n) is 4.06. The molecular weight excluding hydrogens is 282 g/mol. The fourth-order valence-electron chi connectivity index (χ4n) is 1.85. The van der Waals surface area contributed by atoms with Gasteiger partial charge in [0.05, 0.1) is 11.5 Å². The molecule has 0 bridgehead atoms. The van der Waals surface area contributed by atoms with Gasteiger partial charge < -0.3 is 10.2 Å². The Bertz CT molecular complexity index is 722. The molecule has 0 aliphatic carbocycles. The van der Waals surface area contributed by atoms with Crippen molar-refractivity contribution in [2.75, 3.05) is 0 Å². The third kappa shape index (κ3) is 2.71. The summed E-state index contributed by atoms with van der Waals surface area (Å²) in [7, 11) is 0. The van der Waals surface area contributed by atoms with E-state index in [4.69, 9.17) is 10.2 Å². The van der Waals surface area contributed by atoms with Gasteiger partial charge in [-0.1, -0.05) is 30.3 Å². The quantitative estimate of drug-likeness (QED) is 0.624. The van der Waals surface area contributed by atoms with E-state index < -0.39 is 33.9 Å². The van der Waals surface area contributed by atoms with E-state index in [0.29, 0.717) is 5.56 Å². The standard InChI is InChI=1S/C12H9N3O6/c16-11(17)8-9(15(20)21)10(12(18)19)14(13-8)6-7-4-2-1-3-5-7/h1-5H,6H2,(H,16,17)(H,18,19). The van der Waals surface area contributed by atoms with Crippen molar-refractivity contribution >= 4 is 17.6 Å². The molecule has 2 aromatic rings. The number of aromatic nitrogens is 2. The highest BCUT2D eigenvalue weighted by atomic mass is 16.6. The van der Waals surface area contributed by atoms with Crippen molar-refractivity contribution in [2.24, 2.45) is 0 Å². The van der Waals surface area contributed by atoms with Gasteiger partial charge >= 0.3 is 17.6 Å². The average molecular weight is 291 g/mol. The Balaban J connectivity index is 2.60. The Morgan fingerprint density at radius 1 is 1.19 bits per heavy atom. The summed E-state index contributed by atoms with van der Waals surface area (Å²) in [5.41, 5.74) is -2.05. The smallest absolute Gasteiger partial charge is 0.363 e. The third-order valence-electron chi connectivity index (χ3n) is 2.69. The SMILES string of the molecule is O=C(O)c1nn(Cc2ccccc2)c(C(=O)O)c1[N+](=O)[O-]. The highest BCUT2D eigenvalue weighted by molar-refractivity contribution is 5.98. The number of hydrogen-bond acceptors (Lipinski definition) is 5. The van der Waals surface area contributed by atoms with Gasteiger partial charge in [0, 0.05) is 0 Å². The van der Waals surface area contributed by atoms with Crippen LogP contribution in [-0.2, 0) is 6.54 Å². The van der Waals surface area contributed by atoms with Crippen LogP contribution in [0, 0.1) is 10.1 Å². The van der Waals surface area contributed by atoms with Crippen LogP contribution in [0.3, 0.4) is 0 Å². The van der Waals surface area contributed by atoms with E-state index in [2.05, 4.69) is 5.10 Å². The van der Waals surface area contributed by atoms with Crippen molar-refractivity contribution in [1.29, 1.82) is 0 Å². The van der Waals surface area contributed by atoms with E-state index in [1.165, 1.54) is 0 Å². The van der Waals surface area contributed by atoms with E-state index in [1.807, 2.05) is 0 Å². The summed E-state index contributed by atoms with van der Waals surface area (Å²) in [6.45, 7) is -0.0867. The minimum Gasteiger partial charge on any atom is -0.476 e. The Labute approximate surface area is 117 Å². The summed E-state index contributed by atoms with van der Waals surface area (Å²) in [6.07, 6.45) is 0. The number of hydrogen-bond donors (Lipinski definition) is 2. The maximum Gasteiger partial charge on any atom is 0.363 e. The van der Waals surface area contributed by atoms with Gasteiger partial charge in [-0.3, -0.25) is 10.1 Å². The first-order valence-electron chi connectivity index (χ1n) is 5.67. The number of carbonyl (C=O) groups is 2. The summed E-state index contributed by atoms with van der Waals surface area (Å²) < 4.78 is 0.805. The van der Waals surface area contributed by atoms with Crippen LogP contribution >= 0.6 is 0 Å². The maximum absolute atomic E-state index is 11.2. The molecule has 21 heavy (non-hydrogen) atoms. The highest BCUT2D eigenvalue weighted by Gasteiger charge is 2.35. The van der Waals surface area contributed by atoms with Gasteiger partial charge in [0.1, 0.15) is 0 Å². The molecule has 0 aliphatic heterocycles. The van der Waals surface area contributed by atoms with Crippen LogP contribution in [0.5, 0.6) is 0 Å². The maximum atomic E-state index is 11.2. The van der Waals surface area contributed by atoms with Gasteiger partial charge in [0.15, 0.2) is 0 Å². The lowest BCUT2D eigenvalue weighted by atomic mass is 10.2. The molecule has 1 aromatic heterocycles. The zero-order valence-electron chi connectivity index (χ0n) is 10.5. The zero-order valence-corrected chi connectivity index (χ0v) is 10.5. The van der Waals surface area contributed by atoms with Gasteiger partial charge in [-0.2, -0.15) is 5.10 Å². The van der Waals surface area contributed by atoms with Gasteiger partial charge in [-0.05, 0) is 5.56 Å². The first-order valence-corrected chi connectivity index (χ1v) is 5.67. The number of nitrogens with zero attached hydrogens (tertiary/aromatic N) is 3. The molecule has 9 nitrogen and oxygen atoms in total. The number of benzene rings is 1. The number of aromatic carboxylic acids is 2. The molecular formula is C12H9N3O6. The largest absolute Gasteiger partial charge is 0.476 e. The van der Waals surface area contributed by atoms with Crippen molar-refractivity contribution < 1.29 is 24.7 Å². The van der Waals surface area contributed by atoms with Gasteiger partial charge in [-0.25, -0.2) is 14.3 Å². The van der Waals surface area contributed by atoms with Crippen LogP contribution in [0.1, 0.15) is 26.5 Å². The van der Waals surface area contributed by atoms with Crippen LogP contribution in [-0.4, -0.2) is 36.9 Å². The second kappa shape index (κ2) is 5.41. The summed E-state index contributed by atoms with van der Waals surface area (Å²) in [4.78, 5) is 32.1. The number of rotatable bonds is 5. The molecule has 0 saturated heterocycles. The lowest BCUT2D eigenvalue weighted by Crippen LogP contribution is -2.12. The van der Waals surface area contributed by atoms with E-state index >= 15 is 0 Å². The highest BCUT2D eigenvalue weighted by Crippen LogP contribution is 2.24. The average Bonchev–Trinajstić information content (AvgIpc) is 2.79. The number of carboxylic acid groups (broad SMARTS) is 2.